The number of rotatable bonds is 5. The molecule has 0 aromatic heterocycles. The van der Waals surface area contributed by atoms with Gasteiger partial charge in [0.2, 0.25) is 0 Å². The summed E-state index contributed by atoms with van der Waals surface area (Å²) >= 11 is 0. The number of carbonyl (C=O) groups excluding carboxylic acids is 1. The van der Waals surface area contributed by atoms with E-state index in [1.165, 1.54) is 6.66 Å². The van der Waals surface area contributed by atoms with Crippen molar-refractivity contribution in [1.82, 2.24) is 0 Å². The quantitative estimate of drug-likeness (QED) is 0.645. The predicted molar refractivity (Wildman–Crippen MR) is 47.9 cm³/mol. The molecule has 0 saturated heterocycles. The van der Waals surface area contributed by atoms with Crippen molar-refractivity contribution in [1.29, 1.82) is 0 Å². The van der Waals surface area contributed by atoms with E-state index < -0.39 is 12.9 Å². The Bertz CT molecular complexity index is 172. The monoisotopic (exact) mass is 197 g/mol. The molecule has 6 heteroatoms. The molecule has 1 amide bonds. The van der Waals surface area contributed by atoms with Crippen molar-refractivity contribution >= 4 is 12.9 Å². The van der Waals surface area contributed by atoms with Gasteiger partial charge in [0.15, 0.2) is 0 Å². The van der Waals surface area contributed by atoms with Crippen LogP contribution in [0, 0.1) is 0 Å². The summed E-state index contributed by atoms with van der Waals surface area (Å²) in [6.45, 7) is 4.91. The molecule has 0 rings (SSSR count). The number of primary amides is 1. The van der Waals surface area contributed by atoms with Gasteiger partial charge in [-0.05, 0) is 0 Å². The summed E-state index contributed by atoms with van der Waals surface area (Å²) < 4.78 is 9.82. The van der Waals surface area contributed by atoms with E-state index in [1.54, 1.807) is 13.8 Å². The summed E-state index contributed by atoms with van der Waals surface area (Å²) in [7, 11) is -4.16. The molecule has 0 radical (unpaired) electrons. The van der Waals surface area contributed by atoms with E-state index in [2.05, 4.69) is 0 Å². The second-order valence-electron chi connectivity index (χ2n) is 2.48. The molecule has 0 aliphatic carbocycles. The maximum atomic E-state index is 10.9. The molecule has 0 saturated carbocycles. The Morgan fingerprint density at radius 1 is 1.42 bits per heavy atom. The maximum absolute atomic E-state index is 10.9. The average molecular weight is 197 g/mol. The van der Waals surface area contributed by atoms with Gasteiger partial charge in [0.05, 0.1) is 0 Å². The molecule has 0 spiro atoms. The summed E-state index contributed by atoms with van der Waals surface area (Å²) in [6.07, 6.45) is 0. The first-order valence-electron chi connectivity index (χ1n) is 3.72. The zero-order chi connectivity index (χ0) is 9.85. The molecule has 0 aliphatic heterocycles. The molecule has 0 unspecified atom stereocenters. The molecule has 74 valence electrons. The summed E-state index contributed by atoms with van der Waals surface area (Å²) in [5, 5.41) is 0. The van der Waals surface area contributed by atoms with Crippen molar-refractivity contribution in [3.8, 4) is 0 Å². The zero-order valence-corrected chi connectivity index (χ0v) is 8.51. The first-order chi connectivity index (χ1) is 5.35. The molecular weight excluding hydrogens is 181 g/mol. The van der Waals surface area contributed by atoms with Crippen molar-refractivity contribution in [2.45, 2.75) is 13.8 Å². The van der Waals surface area contributed by atoms with Crippen molar-refractivity contribution < 1.29 is 18.7 Å². The average Bonchev–Trinajstić information content (AvgIpc) is 1.87. The van der Waals surface area contributed by atoms with Gasteiger partial charge in [-0.3, -0.25) is 0 Å². The minimum atomic E-state index is -4.16. The first kappa shape index (κ1) is 11.8. The third kappa shape index (κ3) is 2.38. The van der Waals surface area contributed by atoms with Crippen LogP contribution >= 0.6 is 7.28 Å². The number of hydrogen-bond donors (Lipinski definition) is 2. The van der Waals surface area contributed by atoms with Gasteiger partial charge in [0.25, 0.3) is 0 Å². The van der Waals surface area contributed by atoms with E-state index in [4.69, 9.17) is 14.8 Å². The minimum absolute atomic E-state index is 0.188. The molecule has 12 heavy (non-hydrogen) atoms. The summed E-state index contributed by atoms with van der Waals surface area (Å²) in [4.78, 5) is 20.7. The van der Waals surface area contributed by atoms with Crippen LogP contribution in [-0.4, -0.2) is 30.4 Å². The molecule has 0 aliphatic rings. The van der Waals surface area contributed by atoms with Crippen LogP contribution in [0.4, 0.5) is 4.79 Å². The van der Waals surface area contributed by atoms with Crippen LogP contribution in [0.2, 0.25) is 0 Å². The van der Waals surface area contributed by atoms with Crippen LogP contribution in [0.25, 0.3) is 0 Å². The second kappa shape index (κ2) is 3.66. The molecular formula is C6H16NO4P. The zero-order valence-electron chi connectivity index (χ0n) is 7.61. The van der Waals surface area contributed by atoms with Gasteiger partial charge in [-0.15, -0.1) is 0 Å². The van der Waals surface area contributed by atoms with Crippen molar-refractivity contribution in [3.63, 3.8) is 0 Å². The van der Waals surface area contributed by atoms with E-state index in [-0.39, 0.29) is 13.2 Å². The third-order valence-corrected chi connectivity index (χ3v) is 4.10. The Hall–Kier alpha value is -0.220. The van der Waals surface area contributed by atoms with Gasteiger partial charge in [-0.25, -0.2) is 0 Å². The van der Waals surface area contributed by atoms with E-state index in [0.29, 0.717) is 0 Å². The Balaban J connectivity index is 4.67. The van der Waals surface area contributed by atoms with Crippen LogP contribution in [0.3, 0.4) is 0 Å². The number of amides is 1. The van der Waals surface area contributed by atoms with E-state index in [0.717, 1.165) is 0 Å². The van der Waals surface area contributed by atoms with E-state index in [1.807, 2.05) is 0 Å². The fraction of sp³-hybridized carbons (Fsp3) is 0.833. The van der Waals surface area contributed by atoms with Crippen molar-refractivity contribution in [3.05, 3.63) is 0 Å². The van der Waals surface area contributed by atoms with E-state index >= 15 is 0 Å². The first-order valence-corrected chi connectivity index (χ1v) is 6.19. The van der Waals surface area contributed by atoms with Crippen molar-refractivity contribution in [2.24, 2.45) is 5.73 Å². The van der Waals surface area contributed by atoms with Gasteiger partial charge in [-0.1, -0.05) is 0 Å². The molecule has 5 nitrogen and oxygen atoms in total. The van der Waals surface area contributed by atoms with Gasteiger partial charge >= 0.3 is 71.1 Å². The van der Waals surface area contributed by atoms with Gasteiger partial charge < -0.3 is 0 Å². The molecule has 0 fully saturated rings. The van der Waals surface area contributed by atoms with Crippen LogP contribution in [-0.2, 0) is 9.05 Å². The molecule has 0 atom stereocenters. The molecule has 0 bridgehead atoms. The molecule has 3 N–H and O–H groups in total. The number of hydrogen-bond acceptors (Lipinski definition) is 4. The number of nitrogens with two attached hydrogens (primary N) is 1. The SMILES string of the molecule is CCOP(C)(O)(OCC)C(N)=O. The van der Waals surface area contributed by atoms with Crippen molar-refractivity contribution in [2.75, 3.05) is 19.9 Å². The second-order valence-corrected chi connectivity index (χ2v) is 6.06. The topological polar surface area (TPSA) is 81.8 Å². The Kier molecular flexibility index (Phi) is 3.59. The van der Waals surface area contributed by atoms with E-state index in [9.17, 15) is 9.69 Å². The third-order valence-electron chi connectivity index (χ3n) is 1.37. The molecule has 0 heterocycles. The Morgan fingerprint density at radius 2 is 1.75 bits per heavy atom. The van der Waals surface area contributed by atoms with Crippen LogP contribution < -0.4 is 5.73 Å². The Morgan fingerprint density at radius 3 is 1.92 bits per heavy atom. The fourth-order valence-electron chi connectivity index (χ4n) is 0.773. The van der Waals surface area contributed by atoms with Gasteiger partial charge in [0, 0.05) is 0 Å². The summed E-state index contributed by atoms with van der Waals surface area (Å²) in [5.74, 6) is 0. The van der Waals surface area contributed by atoms with Gasteiger partial charge in [0.1, 0.15) is 0 Å². The van der Waals surface area contributed by atoms with Gasteiger partial charge in [-0.2, -0.15) is 0 Å². The fourth-order valence-corrected chi connectivity index (χ4v) is 2.32. The normalized spacial score (nSPS) is 15.2. The number of carbonyl (C=O) groups is 1. The standard InChI is InChI=1S/C6H16NO4P/c1-4-10-12(3,9,6(7)8)11-5-2/h9H,4-5H2,1-3H3,(H2,7,8). The predicted octanol–water partition coefficient (Wildman–Crippen LogP) is 1.06. The summed E-state index contributed by atoms with van der Waals surface area (Å²) in [6, 6.07) is 0. The van der Waals surface area contributed by atoms with Crippen LogP contribution in [0.15, 0.2) is 0 Å². The molecule has 0 aromatic carbocycles. The van der Waals surface area contributed by atoms with Crippen LogP contribution in [0.1, 0.15) is 13.8 Å². The van der Waals surface area contributed by atoms with Crippen LogP contribution in [0.5, 0.6) is 0 Å². The summed E-state index contributed by atoms with van der Waals surface area (Å²) in [5.41, 5.74) is 4.07. The Labute approximate surface area is 72.0 Å². The molecule has 0 aromatic rings.